The average Bonchev–Trinajstić information content (AvgIpc) is 2.78. The number of anilines is 2. The van der Waals surface area contributed by atoms with E-state index in [1.54, 1.807) is 6.20 Å². The van der Waals surface area contributed by atoms with Crippen molar-refractivity contribution >= 4 is 30.1 Å². The van der Waals surface area contributed by atoms with E-state index in [2.05, 4.69) is 20.6 Å². The molecule has 36 heavy (non-hydrogen) atoms. The van der Waals surface area contributed by atoms with E-state index in [0.717, 1.165) is 37.1 Å². The number of hydrogen-bond acceptors (Lipinski definition) is 5. The van der Waals surface area contributed by atoms with Crippen LogP contribution < -0.4 is 15.5 Å². The zero-order chi connectivity index (χ0) is 26.0. The molecule has 13 heteroatoms. The number of nitrogens with one attached hydrogen (secondary N) is 2. The second-order valence-electron chi connectivity index (χ2n) is 8.89. The summed E-state index contributed by atoms with van der Waals surface area (Å²) in [6, 6.07) is 0.754. The van der Waals surface area contributed by atoms with Crippen LogP contribution >= 0.6 is 12.4 Å². The normalized spacial score (nSPS) is 18.2. The Morgan fingerprint density at radius 2 is 1.61 bits per heavy atom. The monoisotopic (exact) mass is 539 g/mol. The summed E-state index contributed by atoms with van der Waals surface area (Å²) in [5.74, 6) is 0.0594. The fourth-order valence-electron chi connectivity index (χ4n) is 4.17. The van der Waals surface area contributed by atoms with E-state index in [-0.39, 0.29) is 37.0 Å². The molecule has 1 aromatic carbocycles. The van der Waals surface area contributed by atoms with Crippen LogP contribution in [0.1, 0.15) is 52.7 Å². The van der Waals surface area contributed by atoms with Crippen LogP contribution in [0.15, 0.2) is 24.4 Å². The molecule has 1 aliphatic carbocycles. The third-order valence-electron chi connectivity index (χ3n) is 5.97. The first-order valence-electron chi connectivity index (χ1n) is 11.1. The van der Waals surface area contributed by atoms with Crippen LogP contribution in [-0.4, -0.2) is 42.6 Å². The average molecular weight is 540 g/mol. The van der Waals surface area contributed by atoms with E-state index in [0.29, 0.717) is 18.1 Å². The number of halogens is 7. The molecule has 2 aromatic rings. The Balaban J connectivity index is 0.00000456. The van der Waals surface area contributed by atoms with Crippen molar-refractivity contribution in [2.75, 3.05) is 30.9 Å². The fraction of sp³-hybridized carbons (Fsp3) is 0.522. The van der Waals surface area contributed by atoms with E-state index in [1.165, 1.54) is 0 Å². The minimum Gasteiger partial charge on any atom is -0.362 e. The molecule has 1 aliphatic rings. The van der Waals surface area contributed by atoms with Crippen molar-refractivity contribution in [1.82, 2.24) is 15.3 Å². The Hall–Kier alpha value is -2.76. The summed E-state index contributed by atoms with van der Waals surface area (Å²) < 4.78 is 78.7. The van der Waals surface area contributed by atoms with Crippen molar-refractivity contribution in [2.45, 2.75) is 51.0 Å². The first-order chi connectivity index (χ1) is 16.3. The van der Waals surface area contributed by atoms with Gasteiger partial charge in [0.1, 0.15) is 5.82 Å². The number of rotatable bonds is 6. The van der Waals surface area contributed by atoms with Crippen molar-refractivity contribution in [1.29, 1.82) is 0 Å². The van der Waals surface area contributed by atoms with Crippen LogP contribution in [0.3, 0.4) is 0 Å². The number of carbonyl (C=O) groups is 1. The SMILES string of the molecule is Cc1cnc(NC2CCCCC2CNC(=O)c2cc(C(F)(F)F)cc(C(F)(F)F)c2)nc1N(C)C.Cl. The van der Waals surface area contributed by atoms with Gasteiger partial charge in [0.15, 0.2) is 0 Å². The molecule has 2 N–H and O–H groups in total. The molecule has 1 fully saturated rings. The highest BCUT2D eigenvalue weighted by Crippen LogP contribution is 2.36. The van der Waals surface area contributed by atoms with E-state index < -0.39 is 35.0 Å². The summed E-state index contributed by atoms with van der Waals surface area (Å²) in [6.45, 7) is 1.97. The largest absolute Gasteiger partial charge is 0.416 e. The topological polar surface area (TPSA) is 70.1 Å². The summed E-state index contributed by atoms with van der Waals surface area (Å²) in [6.07, 6.45) is -5.05. The summed E-state index contributed by atoms with van der Waals surface area (Å²) >= 11 is 0. The summed E-state index contributed by atoms with van der Waals surface area (Å²) in [7, 11) is 3.71. The molecule has 0 saturated heterocycles. The maximum absolute atomic E-state index is 13.1. The molecule has 0 spiro atoms. The zero-order valence-corrected chi connectivity index (χ0v) is 20.7. The van der Waals surface area contributed by atoms with Crippen LogP contribution in [0.25, 0.3) is 0 Å². The van der Waals surface area contributed by atoms with Gasteiger partial charge in [-0.1, -0.05) is 12.8 Å². The molecule has 1 saturated carbocycles. The highest BCUT2D eigenvalue weighted by Gasteiger charge is 2.37. The molecule has 1 amide bonds. The van der Waals surface area contributed by atoms with Gasteiger partial charge in [0.25, 0.3) is 5.91 Å². The maximum Gasteiger partial charge on any atom is 0.416 e. The fourth-order valence-corrected chi connectivity index (χ4v) is 4.17. The molecule has 2 atom stereocenters. The van der Waals surface area contributed by atoms with Crippen molar-refractivity contribution < 1.29 is 31.1 Å². The number of aryl methyl sites for hydroxylation is 1. The third kappa shape index (κ3) is 7.37. The van der Waals surface area contributed by atoms with Gasteiger partial charge in [-0.15, -0.1) is 12.4 Å². The van der Waals surface area contributed by atoms with E-state index in [1.807, 2.05) is 25.9 Å². The summed E-state index contributed by atoms with van der Waals surface area (Å²) in [4.78, 5) is 23.2. The van der Waals surface area contributed by atoms with Gasteiger partial charge in [-0.3, -0.25) is 4.79 Å². The van der Waals surface area contributed by atoms with Crippen molar-refractivity contribution in [3.05, 3.63) is 46.6 Å². The Morgan fingerprint density at radius 3 is 2.17 bits per heavy atom. The first kappa shape index (κ1) is 29.5. The molecule has 0 radical (unpaired) electrons. The standard InChI is InChI=1S/C23H27F6N5O.ClH/c1-13-11-31-21(33-19(13)34(2)3)32-18-7-5-4-6-14(18)12-30-20(35)15-8-16(22(24,25)26)10-17(9-15)23(27,28)29;/h8-11,14,18H,4-7,12H2,1-3H3,(H,30,35)(H,31,32,33);1H. The third-order valence-corrected chi connectivity index (χ3v) is 5.97. The Kier molecular flexibility index (Phi) is 9.44. The number of aromatic nitrogens is 2. The first-order valence-corrected chi connectivity index (χ1v) is 11.1. The lowest BCUT2D eigenvalue weighted by Gasteiger charge is -2.32. The second-order valence-corrected chi connectivity index (χ2v) is 8.89. The number of benzene rings is 1. The highest BCUT2D eigenvalue weighted by molar-refractivity contribution is 5.94. The van der Waals surface area contributed by atoms with E-state index in [4.69, 9.17) is 0 Å². The van der Waals surface area contributed by atoms with Gasteiger partial charge in [0.2, 0.25) is 5.95 Å². The molecule has 6 nitrogen and oxygen atoms in total. The van der Waals surface area contributed by atoms with Crippen molar-refractivity contribution in [2.24, 2.45) is 5.92 Å². The van der Waals surface area contributed by atoms with Crippen LogP contribution in [0.2, 0.25) is 0 Å². The van der Waals surface area contributed by atoms with Gasteiger partial charge in [-0.2, -0.15) is 31.3 Å². The number of amides is 1. The number of hydrogen-bond donors (Lipinski definition) is 2. The molecule has 0 bridgehead atoms. The lowest BCUT2D eigenvalue weighted by molar-refractivity contribution is -0.143. The van der Waals surface area contributed by atoms with Crippen molar-refractivity contribution in [3.63, 3.8) is 0 Å². The minimum atomic E-state index is -5.02. The van der Waals surface area contributed by atoms with E-state index in [9.17, 15) is 31.1 Å². The lowest BCUT2D eigenvalue weighted by Crippen LogP contribution is -2.41. The number of nitrogens with zero attached hydrogens (tertiary/aromatic N) is 3. The maximum atomic E-state index is 13.1. The molecule has 1 aromatic heterocycles. The predicted molar refractivity (Wildman–Crippen MR) is 126 cm³/mol. The van der Waals surface area contributed by atoms with Crippen LogP contribution in [0.4, 0.5) is 38.1 Å². The molecule has 3 rings (SSSR count). The van der Waals surface area contributed by atoms with Gasteiger partial charge in [-0.25, -0.2) is 4.98 Å². The Morgan fingerprint density at radius 1 is 1.03 bits per heavy atom. The van der Waals surface area contributed by atoms with Gasteiger partial charge < -0.3 is 15.5 Å². The van der Waals surface area contributed by atoms with Gasteiger partial charge in [-0.05, 0) is 43.9 Å². The minimum absolute atomic E-state index is 0. The summed E-state index contributed by atoms with van der Waals surface area (Å²) in [5.41, 5.74) is -2.84. The quantitative estimate of drug-likeness (QED) is 0.460. The molecule has 2 unspecified atom stereocenters. The van der Waals surface area contributed by atoms with E-state index >= 15 is 0 Å². The second kappa shape index (κ2) is 11.5. The van der Waals surface area contributed by atoms with Crippen LogP contribution in [0, 0.1) is 12.8 Å². The van der Waals surface area contributed by atoms with Crippen molar-refractivity contribution in [3.8, 4) is 0 Å². The van der Waals surface area contributed by atoms with Crippen LogP contribution in [-0.2, 0) is 12.4 Å². The summed E-state index contributed by atoms with van der Waals surface area (Å²) in [5, 5.41) is 5.80. The van der Waals surface area contributed by atoms with Gasteiger partial charge in [0.05, 0.1) is 11.1 Å². The Bertz CT molecular complexity index is 1030. The van der Waals surface area contributed by atoms with Gasteiger partial charge in [0, 0.05) is 44.0 Å². The number of carbonyl (C=O) groups excluding carboxylic acids is 1. The molecule has 1 heterocycles. The molecule has 0 aliphatic heterocycles. The van der Waals surface area contributed by atoms with Gasteiger partial charge >= 0.3 is 12.4 Å². The Labute approximate surface area is 211 Å². The molecule has 200 valence electrons. The zero-order valence-electron chi connectivity index (χ0n) is 19.9. The number of alkyl halides is 6. The smallest absolute Gasteiger partial charge is 0.362 e. The van der Waals surface area contributed by atoms with Crippen LogP contribution in [0.5, 0.6) is 0 Å². The highest BCUT2D eigenvalue weighted by atomic mass is 35.5. The molecular weight excluding hydrogens is 512 g/mol. The lowest BCUT2D eigenvalue weighted by atomic mass is 9.84. The predicted octanol–water partition coefficient (Wildman–Crippen LogP) is 5.71. The molecular formula is C23H28ClF6N5O.